The van der Waals surface area contributed by atoms with Crippen molar-refractivity contribution in [2.75, 3.05) is 11.4 Å². The van der Waals surface area contributed by atoms with E-state index in [1.165, 1.54) is 37.8 Å². The zero-order valence-electron chi connectivity index (χ0n) is 12.5. The quantitative estimate of drug-likeness (QED) is 0.786. The van der Waals surface area contributed by atoms with Crippen LogP contribution >= 0.6 is 11.6 Å². The molecule has 2 fully saturated rings. The van der Waals surface area contributed by atoms with Crippen LogP contribution < -0.4 is 4.90 Å². The largest absolute Gasteiger partial charge is 0.366 e. The van der Waals surface area contributed by atoms with E-state index in [-0.39, 0.29) is 0 Å². The second-order valence-corrected chi connectivity index (χ2v) is 6.71. The number of anilines is 1. The molecule has 1 saturated heterocycles. The predicted octanol–water partition coefficient (Wildman–Crippen LogP) is 4.11. The molecule has 0 radical (unpaired) electrons. The van der Waals surface area contributed by atoms with E-state index in [0.717, 1.165) is 24.0 Å². The second kappa shape index (κ2) is 5.88. The maximum atomic E-state index is 6.15. The first-order chi connectivity index (χ1) is 9.70. The lowest BCUT2D eigenvalue weighted by Crippen LogP contribution is -2.43. The van der Waals surface area contributed by atoms with Gasteiger partial charge in [0.05, 0.1) is 23.5 Å². The van der Waals surface area contributed by atoms with Gasteiger partial charge in [-0.25, -0.2) is 9.97 Å². The maximum absolute atomic E-state index is 6.15. The topological polar surface area (TPSA) is 29.0 Å². The number of nitrogens with zero attached hydrogens (tertiary/aromatic N) is 3. The third-order valence-electron chi connectivity index (χ3n) is 4.81. The number of piperidine rings is 1. The van der Waals surface area contributed by atoms with Gasteiger partial charge in [-0.3, -0.25) is 0 Å². The standard InChI is InChI=1S/C16H24ClN3/c1-11(2)16-18-10-15(13(9-17)19-16)20-8-4-6-12-5-3-7-14(12)20/h10-12,14H,3-9H2,1-2H3. The van der Waals surface area contributed by atoms with Crippen molar-refractivity contribution in [2.45, 2.75) is 63.8 Å². The Hall–Kier alpha value is -0.830. The molecule has 1 aliphatic carbocycles. The molecule has 0 bridgehead atoms. The summed E-state index contributed by atoms with van der Waals surface area (Å²) in [5.74, 6) is 2.61. The SMILES string of the molecule is CC(C)c1ncc(N2CCCC3CCCC32)c(CCl)n1. The summed E-state index contributed by atoms with van der Waals surface area (Å²) in [4.78, 5) is 11.8. The smallest absolute Gasteiger partial charge is 0.131 e. The summed E-state index contributed by atoms with van der Waals surface area (Å²) in [7, 11) is 0. The van der Waals surface area contributed by atoms with E-state index in [4.69, 9.17) is 16.6 Å². The fraction of sp³-hybridized carbons (Fsp3) is 0.750. The molecule has 3 rings (SSSR count). The van der Waals surface area contributed by atoms with Gasteiger partial charge in [0.25, 0.3) is 0 Å². The number of alkyl halides is 1. The van der Waals surface area contributed by atoms with Gasteiger partial charge in [-0.1, -0.05) is 20.3 Å². The van der Waals surface area contributed by atoms with E-state index in [9.17, 15) is 0 Å². The summed E-state index contributed by atoms with van der Waals surface area (Å²) >= 11 is 6.15. The molecule has 0 aromatic carbocycles. The van der Waals surface area contributed by atoms with E-state index in [2.05, 4.69) is 23.7 Å². The van der Waals surface area contributed by atoms with Gasteiger partial charge in [-0.05, 0) is 31.6 Å². The number of halogens is 1. The lowest BCUT2D eigenvalue weighted by molar-refractivity contribution is 0.361. The molecule has 4 heteroatoms. The van der Waals surface area contributed by atoms with Crippen LogP contribution in [0.4, 0.5) is 5.69 Å². The first-order valence-electron chi connectivity index (χ1n) is 7.89. The van der Waals surface area contributed by atoms with Crippen molar-refractivity contribution in [2.24, 2.45) is 5.92 Å². The van der Waals surface area contributed by atoms with Crippen LogP contribution in [0.2, 0.25) is 0 Å². The third kappa shape index (κ3) is 2.52. The van der Waals surface area contributed by atoms with E-state index in [1.807, 2.05) is 6.20 Å². The van der Waals surface area contributed by atoms with Crippen LogP contribution in [0.1, 0.15) is 63.4 Å². The minimum atomic E-state index is 0.353. The monoisotopic (exact) mass is 293 g/mol. The molecular formula is C16H24ClN3. The summed E-state index contributed by atoms with van der Waals surface area (Å²) in [5.41, 5.74) is 2.19. The molecule has 3 nitrogen and oxygen atoms in total. The number of hydrogen-bond acceptors (Lipinski definition) is 3. The van der Waals surface area contributed by atoms with E-state index < -0.39 is 0 Å². The van der Waals surface area contributed by atoms with Gasteiger partial charge < -0.3 is 4.90 Å². The molecule has 20 heavy (non-hydrogen) atoms. The van der Waals surface area contributed by atoms with Crippen molar-refractivity contribution in [1.29, 1.82) is 0 Å². The average molecular weight is 294 g/mol. The zero-order chi connectivity index (χ0) is 14.1. The first-order valence-corrected chi connectivity index (χ1v) is 8.42. The van der Waals surface area contributed by atoms with Crippen LogP contribution in [0.5, 0.6) is 0 Å². The van der Waals surface area contributed by atoms with Gasteiger partial charge in [-0.2, -0.15) is 0 Å². The molecule has 1 aromatic heterocycles. The van der Waals surface area contributed by atoms with Crippen LogP contribution in [-0.4, -0.2) is 22.6 Å². The zero-order valence-corrected chi connectivity index (χ0v) is 13.2. The molecule has 0 N–H and O–H groups in total. The molecule has 2 aliphatic rings. The molecule has 1 saturated carbocycles. The number of fused-ring (bicyclic) bond motifs is 1. The maximum Gasteiger partial charge on any atom is 0.131 e. The normalized spacial score (nSPS) is 26.1. The molecule has 110 valence electrons. The number of aromatic nitrogens is 2. The fourth-order valence-corrected chi connectivity index (χ4v) is 3.99. The molecule has 0 spiro atoms. The van der Waals surface area contributed by atoms with Crippen LogP contribution in [0, 0.1) is 5.92 Å². The third-order valence-corrected chi connectivity index (χ3v) is 5.06. The van der Waals surface area contributed by atoms with Crippen molar-refractivity contribution in [1.82, 2.24) is 9.97 Å². The fourth-order valence-electron chi connectivity index (χ4n) is 3.80. The van der Waals surface area contributed by atoms with E-state index in [0.29, 0.717) is 17.8 Å². The lowest BCUT2D eigenvalue weighted by Gasteiger charge is -2.40. The van der Waals surface area contributed by atoms with Crippen molar-refractivity contribution < 1.29 is 0 Å². The Morgan fingerprint density at radius 2 is 2.10 bits per heavy atom. The Morgan fingerprint density at radius 3 is 2.85 bits per heavy atom. The summed E-state index contributed by atoms with van der Waals surface area (Å²) in [5, 5.41) is 0. The highest BCUT2D eigenvalue weighted by atomic mass is 35.5. The molecule has 1 aromatic rings. The summed E-state index contributed by atoms with van der Waals surface area (Å²) in [6.45, 7) is 5.39. The highest BCUT2D eigenvalue weighted by Crippen LogP contribution is 2.39. The van der Waals surface area contributed by atoms with Gasteiger partial charge in [0, 0.05) is 18.5 Å². The van der Waals surface area contributed by atoms with Crippen LogP contribution in [0.25, 0.3) is 0 Å². The Labute approximate surface area is 126 Å². The van der Waals surface area contributed by atoms with Crippen molar-refractivity contribution >= 4 is 17.3 Å². The second-order valence-electron chi connectivity index (χ2n) is 6.44. The molecule has 2 atom stereocenters. The summed E-state index contributed by atoms with van der Waals surface area (Å²) in [6.07, 6.45) is 8.77. The Kier molecular flexibility index (Phi) is 4.16. The Balaban J connectivity index is 1.92. The van der Waals surface area contributed by atoms with Gasteiger partial charge >= 0.3 is 0 Å². The Bertz CT molecular complexity index is 475. The van der Waals surface area contributed by atoms with Crippen molar-refractivity contribution in [3.8, 4) is 0 Å². The van der Waals surface area contributed by atoms with Crippen LogP contribution in [0.3, 0.4) is 0 Å². The molecule has 1 aliphatic heterocycles. The minimum Gasteiger partial charge on any atom is -0.366 e. The highest BCUT2D eigenvalue weighted by Gasteiger charge is 2.36. The van der Waals surface area contributed by atoms with Crippen molar-refractivity contribution in [3.63, 3.8) is 0 Å². The predicted molar refractivity (Wildman–Crippen MR) is 83.4 cm³/mol. The summed E-state index contributed by atoms with van der Waals surface area (Å²) < 4.78 is 0. The van der Waals surface area contributed by atoms with Gasteiger partial charge in [-0.15, -0.1) is 11.6 Å². The lowest BCUT2D eigenvalue weighted by atomic mass is 9.91. The minimum absolute atomic E-state index is 0.353. The number of rotatable bonds is 3. The van der Waals surface area contributed by atoms with Crippen LogP contribution in [0.15, 0.2) is 6.20 Å². The van der Waals surface area contributed by atoms with Gasteiger partial charge in [0.1, 0.15) is 5.82 Å². The first kappa shape index (κ1) is 14.1. The van der Waals surface area contributed by atoms with Crippen molar-refractivity contribution in [3.05, 3.63) is 17.7 Å². The highest BCUT2D eigenvalue weighted by molar-refractivity contribution is 6.17. The molecule has 0 amide bonds. The Morgan fingerprint density at radius 1 is 1.30 bits per heavy atom. The molecule has 2 unspecified atom stereocenters. The summed E-state index contributed by atoms with van der Waals surface area (Å²) in [6, 6.07) is 0.694. The van der Waals surface area contributed by atoms with E-state index in [1.54, 1.807) is 0 Å². The molecule has 2 heterocycles. The number of hydrogen-bond donors (Lipinski definition) is 0. The average Bonchev–Trinajstić information content (AvgIpc) is 2.94. The van der Waals surface area contributed by atoms with E-state index >= 15 is 0 Å². The van der Waals surface area contributed by atoms with Gasteiger partial charge in [0.2, 0.25) is 0 Å². The molecular weight excluding hydrogens is 270 g/mol. The van der Waals surface area contributed by atoms with Crippen LogP contribution in [-0.2, 0) is 5.88 Å². The van der Waals surface area contributed by atoms with Gasteiger partial charge in [0.15, 0.2) is 0 Å².